The van der Waals surface area contributed by atoms with Crippen LogP contribution in [0.5, 0.6) is 0 Å². The van der Waals surface area contributed by atoms with Crippen molar-refractivity contribution in [3.8, 4) is 0 Å². The van der Waals surface area contributed by atoms with Crippen molar-refractivity contribution in [1.29, 1.82) is 0 Å². The zero-order valence-electron chi connectivity index (χ0n) is 12.1. The van der Waals surface area contributed by atoms with Gasteiger partial charge < -0.3 is 10.6 Å². The van der Waals surface area contributed by atoms with E-state index < -0.39 is 0 Å². The summed E-state index contributed by atoms with van der Waals surface area (Å²) in [5.41, 5.74) is 0.974. The summed E-state index contributed by atoms with van der Waals surface area (Å²) >= 11 is 7.00. The molecule has 0 spiro atoms. The van der Waals surface area contributed by atoms with E-state index in [0.29, 0.717) is 0 Å². The van der Waals surface area contributed by atoms with Crippen LogP contribution in [-0.4, -0.2) is 16.5 Å². The Morgan fingerprint density at radius 2 is 1.81 bits per heavy atom. The predicted octanol–water partition coefficient (Wildman–Crippen LogP) is 5.13. The number of halogens is 2. The molecule has 21 heavy (non-hydrogen) atoms. The highest BCUT2D eigenvalue weighted by atomic mass is 79.9. The van der Waals surface area contributed by atoms with Gasteiger partial charge in [0.05, 0.1) is 5.69 Å². The van der Waals surface area contributed by atoms with Gasteiger partial charge in [-0.2, -0.15) is 0 Å². The molecule has 0 aliphatic carbocycles. The van der Waals surface area contributed by atoms with E-state index in [2.05, 4.69) is 66.3 Å². The highest BCUT2D eigenvalue weighted by Crippen LogP contribution is 2.28. The molecule has 0 radical (unpaired) electrons. The molecule has 2 N–H and O–H groups in total. The van der Waals surface area contributed by atoms with Gasteiger partial charge in [-0.05, 0) is 47.5 Å². The van der Waals surface area contributed by atoms with Gasteiger partial charge in [-0.3, -0.25) is 0 Å². The molecule has 4 nitrogen and oxygen atoms in total. The predicted molar refractivity (Wildman–Crippen MR) is 95.3 cm³/mol. The average molecular weight is 414 g/mol. The maximum absolute atomic E-state index is 4.57. The first-order chi connectivity index (χ1) is 10.1. The molecule has 0 aliphatic heterocycles. The zero-order valence-corrected chi connectivity index (χ0v) is 15.3. The number of hydrogen-bond donors (Lipinski definition) is 2. The van der Waals surface area contributed by atoms with E-state index in [1.54, 1.807) is 0 Å². The summed E-state index contributed by atoms with van der Waals surface area (Å²) in [4.78, 5) is 9.08. The molecule has 0 amide bonds. The number of aryl methyl sites for hydroxylation is 1. The van der Waals surface area contributed by atoms with E-state index in [-0.39, 0.29) is 0 Å². The highest BCUT2D eigenvalue weighted by Gasteiger charge is 2.06. The summed E-state index contributed by atoms with van der Waals surface area (Å²) in [5, 5.41) is 6.58. The molecule has 2 aromatic rings. The number of nitrogens with one attached hydrogen (secondary N) is 2. The number of nitrogens with zero attached hydrogens (tertiary/aromatic N) is 2. The van der Waals surface area contributed by atoms with E-state index in [1.807, 2.05) is 24.3 Å². The summed E-state index contributed by atoms with van der Waals surface area (Å²) in [6.45, 7) is 5.02. The molecule has 0 atom stereocenters. The molecule has 0 bridgehead atoms. The second kappa shape index (κ2) is 7.75. The third-order valence-electron chi connectivity index (χ3n) is 2.80. The van der Waals surface area contributed by atoms with Gasteiger partial charge in [-0.15, -0.1) is 0 Å². The van der Waals surface area contributed by atoms with E-state index in [0.717, 1.165) is 51.5 Å². The van der Waals surface area contributed by atoms with Crippen LogP contribution in [-0.2, 0) is 6.42 Å². The van der Waals surface area contributed by atoms with Crippen molar-refractivity contribution in [2.24, 2.45) is 0 Å². The standard InChI is InChI=1S/C15H18Br2N4/c1-3-5-13-20-14(18-4-2)9-15(21-13)19-12-7-6-10(16)8-11(12)17/h6-9H,3-5H2,1-2H3,(H2,18,19,20,21). The quantitative estimate of drug-likeness (QED) is 0.689. The smallest absolute Gasteiger partial charge is 0.136 e. The fourth-order valence-electron chi connectivity index (χ4n) is 1.90. The fourth-order valence-corrected chi connectivity index (χ4v) is 3.04. The average Bonchev–Trinajstić information content (AvgIpc) is 2.42. The van der Waals surface area contributed by atoms with Crippen molar-refractivity contribution in [1.82, 2.24) is 9.97 Å². The Labute approximate surface area is 142 Å². The van der Waals surface area contributed by atoms with Gasteiger partial charge in [0.25, 0.3) is 0 Å². The molecule has 0 fully saturated rings. The Morgan fingerprint density at radius 3 is 2.48 bits per heavy atom. The van der Waals surface area contributed by atoms with E-state index in [1.165, 1.54) is 0 Å². The van der Waals surface area contributed by atoms with E-state index >= 15 is 0 Å². The maximum Gasteiger partial charge on any atom is 0.136 e. The minimum Gasteiger partial charge on any atom is -0.370 e. The summed E-state index contributed by atoms with van der Waals surface area (Å²) < 4.78 is 2.01. The number of anilines is 3. The summed E-state index contributed by atoms with van der Waals surface area (Å²) in [5.74, 6) is 2.51. The van der Waals surface area contributed by atoms with Gasteiger partial charge in [0.1, 0.15) is 17.5 Å². The maximum atomic E-state index is 4.57. The zero-order chi connectivity index (χ0) is 15.2. The van der Waals surface area contributed by atoms with Crippen LogP contribution in [0.2, 0.25) is 0 Å². The monoisotopic (exact) mass is 412 g/mol. The van der Waals surface area contributed by atoms with Gasteiger partial charge >= 0.3 is 0 Å². The van der Waals surface area contributed by atoms with Gasteiger partial charge in [0.15, 0.2) is 0 Å². The number of hydrogen-bond acceptors (Lipinski definition) is 4. The third kappa shape index (κ3) is 4.68. The third-order valence-corrected chi connectivity index (χ3v) is 3.95. The summed E-state index contributed by atoms with van der Waals surface area (Å²) in [6, 6.07) is 7.92. The lowest BCUT2D eigenvalue weighted by Gasteiger charge is -2.11. The summed E-state index contributed by atoms with van der Waals surface area (Å²) in [6.07, 6.45) is 1.90. The van der Waals surface area contributed by atoms with Crippen molar-refractivity contribution in [3.05, 3.63) is 39.0 Å². The minimum atomic E-state index is 0.799. The lowest BCUT2D eigenvalue weighted by atomic mass is 10.3. The Morgan fingerprint density at radius 1 is 1.05 bits per heavy atom. The first-order valence-electron chi connectivity index (χ1n) is 6.96. The van der Waals surface area contributed by atoms with Crippen LogP contribution in [0.25, 0.3) is 0 Å². The number of aromatic nitrogens is 2. The normalized spacial score (nSPS) is 10.5. The van der Waals surface area contributed by atoms with Crippen molar-refractivity contribution >= 4 is 49.2 Å². The molecule has 6 heteroatoms. The molecule has 0 unspecified atom stereocenters. The van der Waals surface area contributed by atoms with Gasteiger partial charge in [-0.1, -0.05) is 22.9 Å². The molecular weight excluding hydrogens is 396 g/mol. The Hall–Kier alpha value is -1.14. The van der Waals surface area contributed by atoms with Gasteiger partial charge in [0.2, 0.25) is 0 Å². The Kier molecular flexibility index (Phi) is 5.99. The second-order valence-corrected chi connectivity index (χ2v) is 6.35. The fraction of sp³-hybridized carbons (Fsp3) is 0.333. The first kappa shape index (κ1) is 16.2. The van der Waals surface area contributed by atoms with E-state index in [9.17, 15) is 0 Å². The van der Waals surface area contributed by atoms with Crippen LogP contribution in [0.15, 0.2) is 33.2 Å². The van der Waals surface area contributed by atoms with Crippen LogP contribution >= 0.6 is 31.9 Å². The van der Waals surface area contributed by atoms with Crippen LogP contribution in [0, 0.1) is 0 Å². The number of benzene rings is 1. The molecule has 0 aliphatic rings. The molecule has 1 heterocycles. The Balaban J connectivity index is 2.29. The lowest BCUT2D eigenvalue weighted by molar-refractivity contribution is 0.836. The molecule has 112 valence electrons. The van der Waals surface area contributed by atoms with Crippen LogP contribution in [0.1, 0.15) is 26.1 Å². The van der Waals surface area contributed by atoms with E-state index in [4.69, 9.17) is 0 Å². The molecular formula is C15H18Br2N4. The van der Waals surface area contributed by atoms with Crippen LogP contribution in [0.4, 0.5) is 17.3 Å². The lowest BCUT2D eigenvalue weighted by Crippen LogP contribution is -2.06. The van der Waals surface area contributed by atoms with Crippen molar-refractivity contribution in [3.63, 3.8) is 0 Å². The van der Waals surface area contributed by atoms with Crippen molar-refractivity contribution < 1.29 is 0 Å². The molecule has 0 saturated heterocycles. The van der Waals surface area contributed by atoms with Crippen LogP contribution < -0.4 is 10.6 Å². The first-order valence-corrected chi connectivity index (χ1v) is 8.55. The Bertz CT molecular complexity index is 592. The molecule has 2 rings (SSSR count). The molecule has 1 aromatic carbocycles. The molecule has 1 aromatic heterocycles. The summed E-state index contributed by atoms with van der Waals surface area (Å²) in [7, 11) is 0. The topological polar surface area (TPSA) is 49.8 Å². The number of rotatable bonds is 6. The van der Waals surface area contributed by atoms with Crippen molar-refractivity contribution in [2.75, 3.05) is 17.2 Å². The van der Waals surface area contributed by atoms with Crippen molar-refractivity contribution in [2.45, 2.75) is 26.7 Å². The highest BCUT2D eigenvalue weighted by molar-refractivity contribution is 9.11. The largest absolute Gasteiger partial charge is 0.370 e. The molecule has 0 saturated carbocycles. The minimum absolute atomic E-state index is 0.799. The van der Waals surface area contributed by atoms with Gasteiger partial charge in [-0.25, -0.2) is 9.97 Å². The second-order valence-electron chi connectivity index (χ2n) is 4.58. The van der Waals surface area contributed by atoms with Crippen LogP contribution in [0.3, 0.4) is 0 Å². The SMILES string of the molecule is CCCc1nc(NCC)cc(Nc2ccc(Br)cc2Br)n1. The van der Waals surface area contributed by atoms with Gasteiger partial charge in [0, 0.05) is 28.0 Å².